The van der Waals surface area contributed by atoms with Crippen LogP contribution < -0.4 is 5.32 Å². The van der Waals surface area contributed by atoms with Crippen molar-refractivity contribution < 1.29 is 18.0 Å². The Bertz CT molecular complexity index is 373. The second kappa shape index (κ2) is 5.20. The van der Waals surface area contributed by atoms with Crippen LogP contribution in [0.15, 0.2) is 0 Å². The third-order valence-electron chi connectivity index (χ3n) is 5.16. The average molecular weight is 290 g/mol. The molecule has 3 nitrogen and oxygen atoms in total. The Kier molecular flexibility index (Phi) is 3.69. The van der Waals surface area contributed by atoms with E-state index < -0.39 is 18.0 Å². The highest BCUT2D eigenvalue weighted by Crippen LogP contribution is 2.41. The molecule has 1 saturated carbocycles. The van der Waals surface area contributed by atoms with Gasteiger partial charge in [-0.15, -0.1) is 0 Å². The fraction of sp³-hybridized carbons (Fsp3) is 0.929. The van der Waals surface area contributed by atoms with Crippen LogP contribution in [0.5, 0.6) is 0 Å². The normalized spacial score (nSPS) is 38.0. The van der Waals surface area contributed by atoms with Crippen molar-refractivity contribution in [2.45, 2.75) is 44.3 Å². The predicted molar refractivity (Wildman–Crippen MR) is 68.0 cm³/mol. The van der Waals surface area contributed by atoms with Crippen molar-refractivity contribution in [3.63, 3.8) is 0 Å². The number of alkyl halides is 3. The molecule has 1 N–H and O–H groups in total. The van der Waals surface area contributed by atoms with Gasteiger partial charge >= 0.3 is 6.18 Å². The highest BCUT2D eigenvalue weighted by molar-refractivity contribution is 5.79. The first kappa shape index (κ1) is 14.2. The van der Waals surface area contributed by atoms with Gasteiger partial charge in [0.15, 0.2) is 0 Å². The Balaban J connectivity index is 1.60. The fourth-order valence-corrected chi connectivity index (χ4v) is 4.00. The van der Waals surface area contributed by atoms with Crippen LogP contribution in [0.3, 0.4) is 0 Å². The summed E-state index contributed by atoms with van der Waals surface area (Å²) in [5, 5.41) is 3.37. The molecule has 0 bridgehead atoms. The molecule has 0 radical (unpaired) electrons. The molecule has 20 heavy (non-hydrogen) atoms. The van der Waals surface area contributed by atoms with E-state index in [1.54, 1.807) is 4.90 Å². The largest absolute Gasteiger partial charge is 0.391 e. The summed E-state index contributed by atoms with van der Waals surface area (Å²) in [6.07, 6.45) is -1.78. The van der Waals surface area contributed by atoms with Crippen molar-refractivity contribution in [1.29, 1.82) is 0 Å². The smallest absolute Gasteiger partial charge is 0.341 e. The van der Waals surface area contributed by atoms with Gasteiger partial charge in [-0.2, -0.15) is 13.2 Å². The third kappa shape index (κ3) is 2.67. The van der Waals surface area contributed by atoms with Crippen LogP contribution in [0, 0.1) is 17.8 Å². The van der Waals surface area contributed by atoms with Crippen LogP contribution in [0.1, 0.15) is 32.1 Å². The lowest BCUT2D eigenvalue weighted by atomic mass is 9.80. The van der Waals surface area contributed by atoms with Crippen molar-refractivity contribution in [1.82, 2.24) is 10.2 Å². The van der Waals surface area contributed by atoms with Gasteiger partial charge in [0.05, 0.1) is 5.92 Å². The van der Waals surface area contributed by atoms with Crippen molar-refractivity contribution in [2.24, 2.45) is 17.8 Å². The van der Waals surface area contributed by atoms with Gasteiger partial charge in [0.2, 0.25) is 5.91 Å². The number of likely N-dealkylation sites (tertiary alicyclic amines) is 1. The van der Waals surface area contributed by atoms with Crippen LogP contribution in [0.2, 0.25) is 0 Å². The molecule has 0 aromatic heterocycles. The van der Waals surface area contributed by atoms with Gasteiger partial charge in [-0.05, 0) is 38.1 Å². The summed E-state index contributed by atoms with van der Waals surface area (Å²) in [5.41, 5.74) is 0. The summed E-state index contributed by atoms with van der Waals surface area (Å²) in [6.45, 7) is 2.40. The molecule has 0 aromatic carbocycles. The van der Waals surface area contributed by atoms with Gasteiger partial charge in [-0.1, -0.05) is 6.42 Å². The van der Waals surface area contributed by atoms with E-state index in [1.165, 1.54) is 0 Å². The molecule has 114 valence electrons. The lowest BCUT2D eigenvalue weighted by molar-refractivity contribution is -0.187. The number of nitrogens with one attached hydrogen (secondary N) is 1. The topological polar surface area (TPSA) is 32.3 Å². The second-order valence-corrected chi connectivity index (χ2v) is 6.45. The molecule has 0 spiro atoms. The van der Waals surface area contributed by atoms with E-state index >= 15 is 0 Å². The SMILES string of the molecule is O=C(C1CCCC(C(F)(F)F)C1)N1C[C@@H]2CCN[C@@H]2C1. The number of nitrogens with zero attached hydrogens (tertiary/aromatic N) is 1. The lowest BCUT2D eigenvalue weighted by Gasteiger charge is -2.32. The Morgan fingerprint density at radius 3 is 2.65 bits per heavy atom. The number of amides is 1. The number of carbonyl (C=O) groups is 1. The molecule has 2 heterocycles. The van der Waals surface area contributed by atoms with Crippen molar-refractivity contribution >= 4 is 5.91 Å². The van der Waals surface area contributed by atoms with Gasteiger partial charge in [0.1, 0.15) is 0 Å². The van der Waals surface area contributed by atoms with Crippen LogP contribution in [-0.4, -0.2) is 42.7 Å². The molecule has 1 amide bonds. The average Bonchev–Trinajstić information content (AvgIpc) is 2.97. The van der Waals surface area contributed by atoms with E-state index in [0.717, 1.165) is 19.5 Å². The van der Waals surface area contributed by atoms with Gasteiger partial charge in [0.25, 0.3) is 0 Å². The predicted octanol–water partition coefficient (Wildman–Crippen LogP) is 2.18. The zero-order valence-electron chi connectivity index (χ0n) is 11.5. The maximum atomic E-state index is 12.8. The highest BCUT2D eigenvalue weighted by Gasteiger charge is 2.46. The molecule has 6 heteroatoms. The molecule has 2 aliphatic heterocycles. The van der Waals surface area contributed by atoms with Gasteiger partial charge in [-0.25, -0.2) is 0 Å². The van der Waals surface area contributed by atoms with E-state index in [9.17, 15) is 18.0 Å². The summed E-state index contributed by atoms with van der Waals surface area (Å²) in [7, 11) is 0. The first-order chi connectivity index (χ1) is 9.45. The zero-order chi connectivity index (χ0) is 14.3. The van der Waals surface area contributed by atoms with E-state index in [4.69, 9.17) is 0 Å². The molecule has 1 aliphatic carbocycles. The number of hydrogen-bond donors (Lipinski definition) is 1. The number of fused-ring (bicyclic) bond motifs is 1. The monoisotopic (exact) mass is 290 g/mol. The van der Waals surface area contributed by atoms with Crippen LogP contribution >= 0.6 is 0 Å². The molecule has 3 fully saturated rings. The molecule has 3 aliphatic rings. The summed E-state index contributed by atoms with van der Waals surface area (Å²) >= 11 is 0. The minimum Gasteiger partial charge on any atom is -0.341 e. The van der Waals surface area contributed by atoms with Crippen LogP contribution in [-0.2, 0) is 4.79 Å². The molecular weight excluding hydrogens is 269 g/mol. The number of carbonyl (C=O) groups excluding carboxylic acids is 1. The van der Waals surface area contributed by atoms with Crippen molar-refractivity contribution in [2.75, 3.05) is 19.6 Å². The standard InChI is InChI=1S/C14H21F3N2O/c15-14(16,17)11-3-1-2-9(6-11)13(20)19-7-10-4-5-18-12(10)8-19/h9-12,18H,1-8H2/t9?,10-,11?,12+/m0/s1. The van der Waals surface area contributed by atoms with Gasteiger partial charge in [0, 0.05) is 25.0 Å². The minimum atomic E-state index is -4.15. The Labute approximate surface area is 116 Å². The third-order valence-corrected chi connectivity index (χ3v) is 5.16. The second-order valence-electron chi connectivity index (χ2n) is 6.45. The van der Waals surface area contributed by atoms with E-state index in [0.29, 0.717) is 31.3 Å². The Morgan fingerprint density at radius 2 is 1.95 bits per heavy atom. The number of hydrogen-bond acceptors (Lipinski definition) is 2. The van der Waals surface area contributed by atoms with Gasteiger partial charge in [-0.3, -0.25) is 4.79 Å². The summed E-state index contributed by atoms with van der Waals surface area (Å²) in [6, 6.07) is 0.362. The van der Waals surface area contributed by atoms with E-state index in [-0.39, 0.29) is 18.7 Å². The quantitative estimate of drug-likeness (QED) is 0.803. The Hall–Kier alpha value is -0.780. The van der Waals surface area contributed by atoms with Crippen molar-refractivity contribution in [3.05, 3.63) is 0 Å². The maximum absolute atomic E-state index is 12.8. The molecular formula is C14H21F3N2O. The summed E-state index contributed by atoms with van der Waals surface area (Å²) in [4.78, 5) is 14.2. The molecule has 0 aromatic rings. The molecule has 4 atom stereocenters. The number of halogens is 3. The number of rotatable bonds is 1. The van der Waals surface area contributed by atoms with Crippen LogP contribution in [0.4, 0.5) is 13.2 Å². The first-order valence-electron chi connectivity index (χ1n) is 7.54. The van der Waals surface area contributed by atoms with Crippen LogP contribution in [0.25, 0.3) is 0 Å². The van der Waals surface area contributed by atoms with E-state index in [2.05, 4.69) is 5.32 Å². The van der Waals surface area contributed by atoms with Crippen molar-refractivity contribution in [3.8, 4) is 0 Å². The Morgan fingerprint density at radius 1 is 1.15 bits per heavy atom. The summed E-state index contributed by atoms with van der Waals surface area (Å²) in [5.74, 6) is -1.25. The zero-order valence-corrected chi connectivity index (χ0v) is 11.5. The fourth-order valence-electron chi connectivity index (χ4n) is 4.00. The van der Waals surface area contributed by atoms with E-state index in [1.807, 2.05) is 0 Å². The molecule has 2 unspecified atom stereocenters. The maximum Gasteiger partial charge on any atom is 0.391 e. The minimum absolute atomic E-state index is 0.0123. The molecule has 3 rings (SSSR count). The molecule has 2 saturated heterocycles. The highest BCUT2D eigenvalue weighted by atomic mass is 19.4. The lowest BCUT2D eigenvalue weighted by Crippen LogP contribution is -2.40. The summed E-state index contributed by atoms with van der Waals surface area (Å²) < 4.78 is 38.4. The van der Waals surface area contributed by atoms with Gasteiger partial charge < -0.3 is 10.2 Å². The first-order valence-corrected chi connectivity index (χ1v) is 7.54.